The summed E-state index contributed by atoms with van der Waals surface area (Å²) in [5.74, 6) is -2.63. The molecule has 2 amide bonds. The van der Waals surface area contributed by atoms with Crippen molar-refractivity contribution < 1.29 is 19.5 Å². The molecule has 2 rings (SSSR count). The highest BCUT2D eigenvalue weighted by Crippen LogP contribution is 2.39. The zero-order valence-electron chi connectivity index (χ0n) is 11.6. The molecule has 6 nitrogen and oxygen atoms in total. The molecular formula is C14H15ClN2O4. The molecule has 0 bridgehead atoms. The third-order valence-electron chi connectivity index (χ3n) is 3.32. The third kappa shape index (κ3) is 3.33. The van der Waals surface area contributed by atoms with Crippen molar-refractivity contribution in [3.8, 4) is 0 Å². The van der Waals surface area contributed by atoms with Gasteiger partial charge in [0, 0.05) is 19.8 Å². The predicted octanol–water partition coefficient (Wildman–Crippen LogP) is 1.70. The summed E-state index contributed by atoms with van der Waals surface area (Å²) in [5.41, 5.74) is 0.783. The largest absolute Gasteiger partial charge is 0.481 e. The molecule has 21 heavy (non-hydrogen) atoms. The van der Waals surface area contributed by atoms with E-state index in [9.17, 15) is 14.4 Å². The summed E-state index contributed by atoms with van der Waals surface area (Å²) < 4.78 is 0. The van der Waals surface area contributed by atoms with Gasteiger partial charge in [0.1, 0.15) is 0 Å². The summed E-state index contributed by atoms with van der Waals surface area (Å²) in [4.78, 5) is 35.8. The van der Waals surface area contributed by atoms with E-state index in [1.807, 2.05) is 0 Å². The molecule has 112 valence electrons. The van der Waals surface area contributed by atoms with E-state index in [4.69, 9.17) is 16.7 Å². The van der Waals surface area contributed by atoms with Gasteiger partial charge in [-0.3, -0.25) is 14.4 Å². The van der Waals surface area contributed by atoms with Crippen molar-refractivity contribution in [1.82, 2.24) is 4.90 Å². The van der Waals surface area contributed by atoms with Gasteiger partial charge in [0.25, 0.3) is 5.91 Å². The summed E-state index contributed by atoms with van der Waals surface area (Å²) in [6, 6.07) is 4.58. The number of hydrogen-bond donors (Lipinski definition) is 2. The molecule has 1 fully saturated rings. The molecule has 0 spiro atoms. The van der Waals surface area contributed by atoms with Gasteiger partial charge in [0.2, 0.25) is 5.91 Å². The first kappa shape index (κ1) is 15.3. The number of carboxylic acid groups (broad SMARTS) is 1. The van der Waals surface area contributed by atoms with Crippen LogP contribution in [-0.2, 0) is 9.59 Å². The van der Waals surface area contributed by atoms with Crippen LogP contribution in [-0.4, -0.2) is 41.9 Å². The molecule has 0 saturated heterocycles. The Bertz CT molecular complexity index is 615. The minimum atomic E-state index is -0.958. The zero-order chi connectivity index (χ0) is 15.7. The van der Waals surface area contributed by atoms with E-state index in [0.717, 1.165) is 0 Å². The zero-order valence-corrected chi connectivity index (χ0v) is 12.3. The summed E-state index contributed by atoms with van der Waals surface area (Å²) in [7, 11) is 3.24. The fourth-order valence-electron chi connectivity index (χ4n) is 2.00. The molecule has 0 aliphatic heterocycles. The highest BCUT2D eigenvalue weighted by atomic mass is 35.5. The van der Waals surface area contributed by atoms with Crippen LogP contribution in [0.2, 0.25) is 5.02 Å². The Hall–Kier alpha value is -2.08. The van der Waals surface area contributed by atoms with Crippen LogP contribution in [0.5, 0.6) is 0 Å². The van der Waals surface area contributed by atoms with Gasteiger partial charge in [-0.05, 0) is 24.6 Å². The van der Waals surface area contributed by atoms with Crippen molar-refractivity contribution in [3.63, 3.8) is 0 Å². The first-order valence-electron chi connectivity index (χ1n) is 6.36. The predicted molar refractivity (Wildman–Crippen MR) is 77.3 cm³/mol. The van der Waals surface area contributed by atoms with Gasteiger partial charge in [0.05, 0.1) is 22.4 Å². The summed E-state index contributed by atoms with van der Waals surface area (Å²) in [6.45, 7) is 0. The van der Waals surface area contributed by atoms with Crippen molar-refractivity contribution in [2.45, 2.75) is 6.42 Å². The van der Waals surface area contributed by atoms with Crippen molar-refractivity contribution in [3.05, 3.63) is 28.8 Å². The SMILES string of the molecule is CN(C)C(=O)c1ccc(NC(=O)C2CC2C(=O)O)cc1Cl. The Morgan fingerprint density at radius 2 is 1.95 bits per heavy atom. The standard InChI is InChI=1S/C14H15ClN2O4/c1-17(2)13(19)8-4-3-7(5-11(8)15)16-12(18)9-6-10(9)14(20)21/h3-5,9-10H,6H2,1-2H3,(H,16,18)(H,20,21). The van der Waals surface area contributed by atoms with Gasteiger partial charge in [0.15, 0.2) is 0 Å². The molecule has 1 aromatic rings. The number of anilines is 1. The number of nitrogens with one attached hydrogen (secondary N) is 1. The number of carboxylic acids is 1. The van der Waals surface area contributed by atoms with Crippen molar-refractivity contribution in [2.24, 2.45) is 11.8 Å². The molecule has 2 unspecified atom stereocenters. The van der Waals surface area contributed by atoms with Crippen LogP contribution in [0.1, 0.15) is 16.8 Å². The van der Waals surface area contributed by atoms with Gasteiger partial charge >= 0.3 is 5.97 Å². The van der Waals surface area contributed by atoms with Gasteiger partial charge in [-0.1, -0.05) is 11.6 Å². The lowest BCUT2D eigenvalue weighted by molar-refractivity contribution is -0.139. The molecule has 2 atom stereocenters. The second-order valence-corrected chi connectivity index (χ2v) is 5.58. The van der Waals surface area contributed by atoms with Crippen LogP contribution in [0, 0.1) is 11.8 Å². The summed E-state index contributed by atoms with van der Waals surface area (Å²) in [6.07, 6.45) is 0.353. The number of rotatable bonds is 4. The Labute approximate surface area is 126 Å². The maximum absolute atomic E-state index is 11.8. The first-order valence-corrected chi connectivity index (χ1v) is 6.74. The monoisotopic (exact) mass is 310 g/mol. The summed E-state index contributed by atoms with van der Waals surface area (Å²) >= 11 is 6.03. The lowest BCUT2D eigenvalue weighted by Crippen LogP contribution is -2.22. The highest BCUT2D eigenvalue weighted by molar-refractivity contribution is 6.34. The molecule has 0 heterocycles. The Kier molecular flexibility index (Phi) is 4.18. The minimum Gasteiger partial charge on any atom is -0.481 e. The lowest BCUT2D eigenvalue weighted by atomic mass is 10.1. The fraction of sp³-hybridized carbons (Fsp3) is 0.357. The van der Waals surface area contributed by atoms with E-state index in [2.05, 4.69) is 5.32 Å². The van der Waals surface area contributed by atoms with Crippen LogP contribution in [0.4, 0.5) is 5.69 Å². The fourth-order valence-corrected chi connectivity index (χ4v) is 2.26. The number of nitrogens with zero attached hydrogens (tertiary/aromatic N) is 1. The Balaban J connectivity index is 2.06. The van der Waals surface area contributed by atoms with Crippen LogP contribution in [0.3, 0.4) is 0 Å². The van der Waals surface area contributed by atoms with E-state index < -0.39 is 17.8 Å². The lowest BCUT2D eigenvalue weighted by Gasteiger charge is -2.12. The number of amides is 2. The van der Waals surface area contributed by atoms with E-state index in [1.165, 1.54) is 17.0 Å². The Morgan fingerprint density at radius 3 is 2.43 bits per heavy atom. The molecule has 1 saturated carbocycles. The van der Waals surface area contributed by atoms with Crippen molar-refractivity contribution in [2.75, 3.05) is 19.4 Å². The minimum absolute atomic E-state index is 0.231. The first-order chi connectivity index (χ1) is 9.81. The van der Waals surface area contributed by atoms with Crippen molar-refractivity contribution >= 4 is 35.1 Å². The van der Waals surface area contributed by atoms with Crippen LogP contribution < -0.4 is 5.32 Å². The average molecular weight is 311 g/mol. The quantitative estimate of drug-likeness (QED) is 0.886. The van der Waals surface area contributed by atoms with E-state index >= 15 is 0 Å². The number of aliphatic carboxylic acids is 1. The second kappa shape index (κ2) is 5.73. The van der Waals surface area contributed by atoms with Gasteiger partial charge in [-0.15, -0.1) is 0 Å². The normalized spacial score (nSPS) is 19.8. The van der Waals surface area contributed by atoms with Crippen LogP contribution in [0.25, 0.3) is 0 Å². The topological polar surface area (TPSA) is 86.7 Å². The molecule has 0 aromatic heterocycles. The van der Waals surface area contributed by atoms with Crippen LogP contribution in [0.15, 0.2) is 18.2 Å². The number of benzene rings is 1. The van der Waals surface area contributed by atoms with Crippen molar-refractivity contribution in [1.29, 1.82) is 0 Å². The molecule has 1 aromatic carbocycles. The molecule has 1 aliphatic carbocycles. The van der Waals surface area contributed by atoms with Gasteiger partial charge in [-0.25, -0.2) is 0 Å². The smallest absolute Gasteiger partial charge is 0.307 e. The molecule has 7 heteroatoms. The molecule has 1 aliphatic rings. The molecular weight excluding hydrogens is 296 g/mol. The molecule has 2 N–H and O–H groups in total. The van der Waals surface area contributed by atoms with E-state index in [-0.39, 0.29) is 16.8 Å². The Morgan fingerprint density at radius 1 is 1.29 bits per heavy atom. The molecule has 0 radical (unpaired) electrons. The van der Waals surface area contributed by atoms with E-state index in [1.54, 1.807) is 20.2 Å². The number of carbonyl (C=O) groups is 3. The van der Waals surface area contributed by atoms with Gasteiger partial charge < -0.3 is 15.3 Å². The van der Waals surface area contributed by atoms with Gasteiger partial charge in [-0.2, -0.15) is 0 Å². The number of hydrogen-bond acceptors (Lipinski definition) is 3. The highest BCUT2D eigenvalue weighted by Gasteiger charge is 2.48. The third-order valence-corrected chi connectivity index (χ3v) is 3.63. The maximum Gasteiger partial charge on any atom is 0.307 e. The second-order valence-electron chi connectivity index (χ2n) is 5.17. The van der Waals surface area contributed by atoms with Crippen LogP contribution >= 0.6 is 11.6 Å². The number of carbonyl (C=O) groups excluding carboxylic acids is 2. The maximum atomic E-state index is 11.8. The average Bonchev–Trinajstić information content (AvgIpc) is 3.18. The summed E-state index contributed by atoms with van der Waals surface area (Å²) in [5, 5.41) is 11.6. The number of halogens is 1. The van der Waals surface area contributed by atoms with E-state index in [0.29, 0.717) is 17.7 Å².